The van der Waals surface area contributed by atoms with Crippen LogP contribution >= 0.6 is 0 Å². The van der Waals surface area contributed by atoms with Crippen molar-refractivity contribution in [2.24, 2.45) is 11.8 Å². The van der Waals surface area contributed by atoms with Crippen molar-refractivity contribution in [1.29, 1.82) is 0 Å². The van der Waals surface area contributed by atoms with E-state index in [1.807, 2.05) is 0 Å². The summed E-state index contributed by atoms with van der Waals surface area (Å²) in [5, 5.41) is 3.52. The third-order valence-corrected chi connectivity index (χ3v) is 4.04. The Balaban J connectivity index is 1.77. The van der Waals surface area contributed by atoms with Crippen molar-refractivity contribution in [3.8, 4) is 0 Å². The second-order valence-electron chi connectivity index (χ2n) is 5.66. The third kappa shape index (κ3) is 3.77. The summed E-state index contributed by atoms with van der Waals surface area (Å²) in [6, 6.07) is 3.43. The SMILES string of the molecule is CC1CCC(CNC(C)c2ccc(F)cn2)CC1. The molecule has 1 fully saturated rings. The van der Waals surface area contributed by atoms with Gasteiger partial charge in [-0.1, -0.05) is 19.8 Å². The van der Waals surface area contributed by atoms with Crippen LogP contribution in [0, 0.1) is 17.7 Å². The summed E-state index contributed by atoms with van der Waals surface area (Å²) in [4.78, 5) is 4.12. The molecule has 0 aromatic carbocycles. The first-order valence-corrected chi connectivity index (χ1v) is 7.00. The normalized spacial score (nSPS) is 25.9. The zero-order chi connectivity index (χ0) is 13.0. The molecule has 3 heteroatoms. The predicted molar refractivity (Wildman–Crippen MR) is 71.7 cm³/mol. The molecule has 1 aliphatic rings. The van der Waals surface area contributed by atoms with E-state index in [0.29, 0.717) is 0 Å². The van der Waals surface area contributed by atoms with Crippen molar-refractivity contribution in [1.82, 2.24) is 10.3 Å². The number of aromatic nitrogens is 1. The molecule has 0 spiro atoms. The highest BCUT2D eigenvalue weighted by Gasteiger charge is 2.18. The lowest BCUT2D eigenvalue weighted by Crippen LogP contribution is -2.28. The number of hydrogen-bond donors (Lipinski definition) is 1. The molecule has 1 unspecified atom stereocenters. The summed E-state index contributed by atoms with van der Waals surface area (Å²) in [6.07, 6.45) is 6.66. The molecular weight excluding hydrogens is 227 g/mol. The first-order chi connectivity index (χ1) is 8.65. The van der Waals surface area contributed by atoms with Gasteiger partial charge in [0.25, 0.3) is 0 Å². The van der Waals surface area contributed by atoms with E-state index in [1.165, 1.54) is 37.9 Å². The van der Waals surface area contributed by atoms with Crippen molar-refractivity contribution >= 4 is 0 Å². The fourth-order valence-corrected chi connectivity index (χ4v) is 2.62. The maximum Gasteiger partial charge on any atom is 0.141 e. The van der Waals surface area contributed by atoms with Crippen LogP contribution in [0.1, 0.15) is 51.3 Å². The first kappa shape index (κ1) is 13.5. The monoisotopic (exact) mass is 250 g/mol. The molecule has 1 aliphatic carbocycles. The molecule has 1 aromatic heterocycles. The smallest absolute Gasteiger partial charge is 0.141 e. The zero-order valence-corrected chi connectivity index (χ0v) is 11.3. The molecule has 18 heavy (non-hydrogen) atoms. The maximum absolute atomic E-state index is 12.8. The van der Waals surface area contributed by atoms with Crippen molar-refractivity contribution in [2.75, 3.05) is 6.54 Å². The molecule has 0 radical (unpaired) electrons. The van der Waals surface area contributed by atoms with Crippen LogP contribution in [0.2, 0.25) is 0 Å². The molecular formula is C15H23FN2. The van der Waals surface area contributed by atoms with Gasteiger partial charge in [0, 0.05) is 6.04 Å². The number of nitrogens with zero attached hydrogens (tertiary/aromatic N) is 1. The van der Waals surface area contributed by atoms with Crippen molar-refractivity contribution in [3.63, 3.8) is 0 Å². The van der Waals surface area contributed by atoms with Crippen LogP contribution in [0.15, 0.2) is 18.3 Å². The van der Waals surface area contributed by atoms with E-state index in [-0.39, 0.29) is 11.9 Å². The van der Waals surface area contributed by atoms with Crippen LogP contribution in [0.25, 0.3) is 0 Å². The maximum atomic E-state index is 12.8. The summed E-state index contributed by atoms with van der Waals surface area (Å²) >= 11 is 0. The van der Waals surface area contributed by atoms with Gasteiger partial charge in [0.2, 0.25) is 0 Å². The number of hydrogen-bond acceptors (Lipinski definition) is 2. The van der Waals surface area contributed by atoms with Gasteiger partial charge in [-0.05, 0) is 50.3 Å². The molecule has 2 rings (SSSR count). The van der Waals surface area contributed by atoms with E-state index in [4.69, 9.17) is 0 Å². The van der Waals surface area contributed by atoms with Crippen LogP contribution < -0.4 is 5.32 Å². The molecule has 0 bridgehead atoms. The van der Waals surface area contributed by atoms with Gasteiger partial charge < -0.3 is 5.32 Å². The summed E-state index contributed by atoms with van der Waals surface area (Å²) in [7, 11) is 0. The van der Waals surface area contributed by atoms with Crippen molar-refractivity contribution in [2.45, 2.75) is 45.6 Å². The fraction of sp³-hybridized carbons (Fsp3) is 0.667. The fourth-order valence-electron chi connectivity index (χ4n) is 2.62. The van der Waals surface area contributed by atoms with Gasteiger partial charge in [-0.2, -0.15) is 0 Å². The topological polar surface area (TPSA) is 24.9 Å². The summed E-state index contributed by atoms with van der Waals surface area (Å²) in [5.74, 6) is 1.42. The second-order valence-corrected chi connectivity index (χ2v) is 5.66. The van der Waals surface area contributed by atoms with E-state index in [9.17, 15) is 4.39 Å². The van der Waals surface area contributed by atoms with Crippen LogP contribution in [0.5, 0.6) is 0 Å². The minimum Gasteiger partial charge on any atom is -0.309 e. The molecule has 0 saturated heterocycles. The third-order valence-electron chi connectivity index (χ3n) is 4.04. The van der Waals surface area contributed by atoms with Crippen molar-refractivity contribution in [3.05, 3.63) is 29.8 Å². The lowest BCUT2D eigenvalue weighted by Gasteiger charge is -2.27. The number of halogens is 1. The van der Waals surface area contributed by atoms with Crippen LogP contribution in [-0.4, -0.2) is 11.5 Å². The molecule has 100 valence electrons. The second kappa shape index (κ2) is 6.28. The highest BCUT2D eigenvalue weighted by molar-refractivity contribution is 5.08. The standard InChI is InChI=1S/C15H23FN2/c1-11-3-5-13(6-4-11)9-17-12(2)15-8-7-14(16)10-18-15/h7-8,10-13,17H,3-6,9H2,1-2H3. The molecule has 1 atom stereocenters. The molecule has 1 saturated carbocycles. The quantitative estimate of drug-likeness (QED) is 0.881. The average Bonchev–Trinajstić information content (AvgIpc) is 2.38. The van der Waals surface area contributed by atoms with Crippen molar-refractivity contribution < 1.29 is 4.39 Å². The lowest BCUT2D eigenvalue weighted by molar-refractivity contribution is 0.275. The van der Waals surface area contributed by atoms with Crippen LogP contribution in [0.4, 0.5) is 4.39 Å². The highest BCUT2D eigenvalue weighted by Crippen LogP contribution is 2.28. The molecule has 2 nitrogen and oxygen atoms in total. The first-order valence-electron chi connectivity index (χ1n) is 7.00. The van der Waals surface area contributed by atoms with E-state index in [2.05, 4.69) is 24.1 Å². The summed E-state index contributed by atoms with van der Waals surface area (Å²) in [5.41, 5.74) is 0.917. The zero-order valence-electron chi connectivity index (χ0n) is 11.3. The Morgan fingerprint density at radius 1 is 1.33 bits per heavy atom. The number of pyridine rings is 1. The van der Waals surface area contributed by atoms with E-state index < -0.39 is 0 Å². The lowest BCUT2D eigenvalue weighted by atomic mass is 9.83. The van der Waals surface area contributed by atoms with Gasteiger partial charge in [0.05, 0.1) is 11.9 Å². The Bertz CT molecular complexity index is 355. The Kier molecular flexibility index (Phi) is 4.70. The van der Waals surface area contributed by atoms with Gasteiger partial charge in [-0.15, -0.1) is 0 Å². The molecule has 1 aromatic rings. The van der Waals surface area contributed by atoms with Gasteiger partial charge in [-0.25, -0.2) is 4.39 Å². The molecule has 0 aliphatic heterocycles. The summed E-state index contributed by atoms with van der Waals surface area (Å²) < 4.78 is 12.8. The Morgan fingerprint density at radius 2 is 2.06 bits per heavy atom. The molecule has 0 amide bonds. The Labute approximate surface area is 109 Å². The van der Waals surface area contributed by atoms with Gasteiger partial charge >= 0.3 is 0 Å². The Morgan fingerprint density at radius 3 is 2.67 bits per heavy atom. The van der Waals surface area contributed by atoms with Gasteiger partial charge in [0.15, 0.2) is 0 Å². The molecule has 1 heterocycles. The number of nitrogens with one attached hydrogen (secondary N) is 1. The van der Waals surface area contributed by atoms with Gasteiger partial charge in [0.1, 0.15) is 5.82 Å². The summed E-state index contributed by atoms with van der Waals surface area (Å²) in [6.45, 7) is 5.48. The minimum absolute atomic E-state index is 0.199. The van der Waals surface area contributed by atoms with Crippen LogP contribution in [0.3, 0.4) is 0 Å². The Hall–Kier alpha value is -0.960. The largest absolute Gasteiger partial charge is 0.309 e. The van der Waals surface area contributed by atoms with Crippen LogP contribution in [-0.2, 0) is 0 Å². The van der Waals surface area contributed by atoms with E-state index >= 15 is 0 Å². The predicted octanol–water partition coefficient (Wildman–Crippen LogP) is 3.70. The average molecular weight is 250 g/mol. The minimum atomic E-state index is -0.271. The highest BCUT2D eigenvalue weighted by atomic mass is 19.1. The molecule has 1 N–H and O–H groups in total. The van der Waals surface area contributed by atoms with Gasteiger partial charge in [-0.3, -0.25) is 4.98 Å². The van der Waals surface area contributed by atoms with E-state index in [1.54, 1.807) is 6.07 Å². The number of rotatable bonds is 4. The van der Waals surface area contributed by atoms with E-state index in [0.717, 1.165) is 24.1 Å².